The molecule has 2 aliphatic rings. The number of rotatable bonds is 4. The normalized spacial score (nSPS) is 17.2. The SMILES string of the molecule is NC(=O)[C@@H]1CCN(c2cc3ccc(-c4c(Cl)ccn(N5CCc6ccccc65)c4=O)cc3cn2)C1. The zero-order chi connectivity index (χ0) is 24.1. The highest BCUT2D eigenvalue weighted by atomic mass is 35.5. The van der Waals surface area contributed by atoms with Crippen LogP contribution in [0.15, 0.2) is 71.8 Å². The Hall–Kier alpha value is -3.84. The van der Waals surface area contributed by atoms with Gasteiger partial charge in [-0.1, -0.05) is 41.9 Å². The van der Waals surface area contributed by atoms with Crippen molar-refractivity contribution in [1.29, 1.82) is 0 Å². The molecule has 1 fully saturated rings. The third-order valence-electron chi connectivity index (χ3n) is 7.06. The number of carbonyl (C=O) groups excluding carboxylic acids is 1. The van der Waals surface area contributed by atoms with Crippen LogP contribution in [0.2, 0.25) is 5.02 Å². The number of primary amides is 1. The lowest BCUT2D eigenvalue weighted by Gasteiger charge is -2.23. The minimum atomic E-state index is -0.263. The Morgan fingerprint density at radius 2 is 1.91 bits per heavy atom. The number of hydrogen-bond donors (Lipinski definition) is 1. The molecule has 4 aromatic rings. The highest BCUT2D eigenvalue weighted by molar-refractivity contribution is 6.33. The van der Waals surface area contributed by atoms with E-state index in [0.717, 1.165) is 53.8 Å². The Morgan fingerprint density at radius 3 is 2.74 bits per heavy atom. The van der Waals surface area contributed by atoms with Gasteiger partial charge in [0.1, 0.15) is 5.82 Å². The molecule has 1 atom stereocenters. The third kappa shape index (κ3) is 3.72. The lowest BCUT2D eigenvalue weighted by atomic mass is 10.0. The van der Waals surface area contributed by atoms with Gasteiger partial charge in [-0.25, -0.2) is 9.66 Å². The van der Waals surface area contributed by atoms with E-state index in [0.29, 0.717) is 17.1 Å². The number of carbonyl (C=O) groups is 1. The number of amides is 1. The van der Waals surface area contributed by atoms with E-state index in [-0.39, 0.29) is 17.4 Å². The molecule has 4 heterocycles. The highest BCUT2D eigenvalue weighted by Gasteiger charge is 2.27. The molecule has 8 heteroatoms. The standard InChI is InChI=1S/C27H24ClN5O2/c28-22-9-12-33(32-11-8-17-3-1-2-4-23(17)32)27(35)25(22)19-6-5-18-14-24(30-15-21(18)13-19)31-10-7-20(16-31)26(29)34/h1-6,9,12-15,20H,7-8,10-11,16H2,(H2,29,34)/t20-/m1/s1. The molecular formula is C27H24ClN5O2. The van der Waals surface area contributed by atoms with Crippen LogP contribution in [-0.2, 0) is 11.2 Å². The van der Waals surface area contributed by atoms with E-state index in [4.69, 9.17) is 17.3 Å². The molecule has 0 radical (unpaired) electrons. The highest BCUT2D eigenvalue weighted by Crippen LogP contribution is 2.32. The summed E-state index contributed by atoms with van der Waals surface area (Å²) >= 11 is 6.55. The number of benzene rings is 2. The predicted octanol–water partition coefficient (Wildman–Crippen LogP) is 3.85. The number of hydrogen-bond acceptors (Lipinski definition) is 5. The number of anilines is 2. The van der Waals surface area contributed by atoms with Crippen LogP contribution >= 0.6 is 11.6 Å². The van der Waals surface area contributed by atoms with Crippen LogP contribution in [0.3, 0.4) is 0 Å². The van der Waals surface area contributed by atoms with Gasteiger partial charge in [0.25, 0.3) is 5.56 Å². The van der Waals surface area contributed by atoms with Gasteiger partial charge >= 0.3 is 0 Å². The molecule has 0 unspecified atom stereocenters. The molecule has 35 heavy (non-hydrogen) atoms. The third-order valence-corrected chi connectivity index (χ3v) is 7.37. The number of aromatic nitrogens is 2. The summed E-state index contributed by atoms with van der Waals surface area (Å²) in [7, 11) is 0. The molecule has 6 rings (SSSR count). The van der Waals surface area contributed by atoms with E-state index in [1.165, 1.54) is 5.56 Å². The average Bonchev–Trinajstić information content (AvgIpc) is 3.52. The maximum Gasteiger partial charge on any atom is 0.278 e. The van der Waals surface area contributed by atoms with Crippen LogP contribution < -0.4 is 21.2 Å². The van der Waals surface area contributed by atoms with Crippen molar-refractivity contribution < 1.29 is 4.79 Å². The molecule has 0 spiro atoms. The first-order valence-corrected chi connectivity index (χ1v) is 12.1. The summed E-state index contributed by atoms with van der Waals surface area (Å²) in [5, 5.41) is 4.33. The second kappa shape index (κ2) is 8.43. The van der Waals surface area contributed by atoms with Gasteiger partial charge < -0.3 is 10.6 Å². The number of para-hydroxylation sites is 1. The molecule has 2 N–H and O–H groups in total. The molecule has 2 aromatic heterocycles. The van der Waals surface area contributed by atoms with Gasteiger partial charge in [-0.15, -0.1) is 0 Å². The number of halogens is 1. The second-order valence-corrected chi connectivity index (χ2v) is 9.54. The average molecular weight is 486 g/mol. The van der Waals surface area contributed by atoms with Crippen LogP contribution in [-0.4, -0.2) is 35.2 Å². The molecule has 2 aromatic carbocycles. The first-order valence-electron chi connectivity index (χ1n) is 11.7. The van der Waals surface area contributed by atoms with Crippen molar-refractivity contribution in [2.75, 3.05) is 29.5 Å². The van der Waals surface area contributed by atoms with E-state index in [1.54, 1.807) is 23.1 Å². The summed E-state index contributed by atoms with van der Waals surface area (Å²) < 4.78 is 1.65. The van der Waals surface area contributed by atoms with Crippen molar-refractivity contribution >= 4 is 39.8 Å². The van der Waals surface area contributed by atoms with E-state index in [1.807, 2.05) is 47.5 Å². The summed E-state index contributed by atoms with van der Waals surface area (Å²) in [6, 6.07) is 17.8. The lowest BCUT2D eigenvalue weighted by Crippen LogP contribution is -2.37. The summed E-state index contributed by atoms with van der Waals surface area (Å²) in [6.07, 6.45) is 5.18. The number of nitrogens with zero attached hydrogens (tertiary/aromatic N) is 4. The zero-order valence-corrected chi connectivity index (χ0v) is 19.8. The number of pyridine rings is 2. The zero-order valence-electron chi connectivity index (χ0n) is 19.0. The van der Waals surface area contributed by atoms with Crippen molar-refractivity contribution in [1.82, 2.24) is 9.66 Å². The van der Waals surface area contributed by atoms with Gasteiger partial charge in [0, 0.05) is 37.4 Å². The maximum atomic E-state index is 13.6. The summed E-state index contributed by atoms with van der Waals surface area (Å²) in [4.78, 5) is 31.8. The first-order chi connectivity index (χ1) is 17.0. The molecular weight excluding hydrogens is 462 g/mol. The summed E-state index contributed by atoms with van der Waals surface area (Å²) in [6.45, 7) is 2.07. The second-order valence-electron chi connectivity index (χ2n) is 9.13. The van der Waals surface area contributed by atoms with Crippen LogP contribution in [0.1, 0.15) is 12.0 Å². The smallest absolute Gasteiger partial charge is 0.278 e. The predicted molar refractivity (Wildman–Crippen MR) is 139 cm³/mol. The molecule has 1 amide bonds. The Balaban J connectivity index is 1.36. The van der Waals surface area contributed by atoms with Crippen molar-refractivity contribution in [2.24, 2.45) is 11.7 Å². The Morgan fingerprint density at radius 1 is 1.06 bits per heavy atom. The van der Waals surface area contributed by atoms with Crippen molar-refractivity contribution in [3.05, 3.63) is 87.9 Å². The van der Waals surface area contributed by atoms with E-state index >= 15 is 0 Å². The molecule has 1 saturated heterocycles. The van der Waals surface area contributed by atoms with Crippen LogP contribution in [0.25, 0.3) is 21.9 Å². The molecule has 0 bridgehead atoms. The fourth-order valence-electron chi connectivity index (χ4n) is 5.16. The molecule has 7 nitrogen and oxygen atoms in total. The summed E-state index contributed by atoms with van der Waals surface area (Å²) in [5.74, 6) is 0.419. The van der Waals surface area contributed by atoms with Gasteiger partial charge in [-0.05, 0) is 53.6 Å². The van der Waals surface area contributed by atoms with Crippen molar-refractivity contribution in [2.45, 2.75) is 12.8 Å². The fourth-order valence-corrected chi connectivity index (χ4v) is 5.41. The largest absolute Gasteiger partial charge is 0.369 e. The van der Waals surface area contributed by atoms with Gasteiger partial charge in [0.2, 0.25) is 5.91 Å². The van der Waals surface area contributed by atoms with Gasteiger partial charge in [-0.3, -0.25) is 14.6 Å². The van der Waals surface area contributed by atoms with E-state index < -0.39 is 0 Å². The van der Waals surface area contributed by atoms with Crippen LogP contribution in [0.5, 0.6) is 0 Å². The van der Waals surface area contributed by atoms with Gasteiger partial charge in [-0.2, -0.15) is 0 Å². The van der Waals surface area contributed by atoms with Gasteiger partial charge in [0.05, 0.1) is 22.2 Å². The first kappa shape index (κ1) is 21.7. The molecule has 0 saturated carbocycles. The minimum Gasteiger partial charge on any atom is -0.369 e. The van der Waals surface area contributed by atoms with Gasteiger partial charge in [0.15, 0.2) is 0 Å². The molecule has 176 valence electrons. The van der Waals surface area contributed by atoms with Crippen LogP contribution in [0, 0.1) is 5.92 Å². The van der Waals surface area contributed by atoms with Crippen molar-refractivity contribution in [3.63, 3.8) is 0 Å². The fraction of sp³-hybridized carbons (Fsp3) is 0.222. The molecule has 2 aliphatic heterocycles. The summed E-state index contributed by atoms with van der Waals surface area (Å²) in [5.41, 5.74) is 8.79. The monoisotopic (exact) mass is 485 g/mol. The van der Waals surface area contributed by atoms with E-state index in [9.17, 15) is 9.59 Å². The van der Waals surface area contributed by atoms with Crippen LogP contribution in [0.4, 0.5) is 11.5 Å². The number of fused-ring (bicyclic) bond motifs is 2. The Kier molecular flexibility index (Phi) is 5.22. The van der Waals surface area contributed by atoms with Crippen molar-refractivity contribution in [3.8, 4) is 11.1 Å². The lowest BCUT2D eigenvalue weighted by molar-refractivity contribution is -0.121. The molecule has 0 aliphatic carbocycles. The maximum absolute atomic E-state index is 13.6. The Bertz CT molecular complexity index is 1530. The number of nitrogens with two attached hydrogens (primary N) is 1. The minimum absolute atomic E-state index is 0.139. The quantitative estimate of drug-likeness (QED) is 0.474. The topological polar surface area (TPSA) is 84.5 Å². The van der Waals surface area contributed by atoms with E-state index in [2.05, 4.69) is 16.0 Å². The Labute approximate surface area is 207 Å².